The first-order chi connectivity index (χ1) is 7.54. The summed E-state index contributed by atoms with van der Waals surface area (Å²) in [6.45, 7) is 0. The number of carbonyl (C=O) groups excluding carboxylic acids is 1. The van der Waals surface area contributed by atoms with Crippen LogP contribution >= 0.6 is 12.2 Å². The molecule has 84 valence electrons. The van der Waals surface area contributed by atoms with Crippen LogP contribution in [0.1, 0.15) is 12.8 Å². The van der Waals surface area contributed by atoms with Crippen LogP contribution in [-0.2, 0) is 4.79 Å². The van der Waals surface area contributed by atoms with Gasteiger partial charge in [0.1, 0.15) is 0 Å². The van der Waals surface area contributed by atoms with Crippen LogP contribution in [0.2, 0.25) is 0 Å². The SMILES string of the molecule is NC(=S)C1(C(=O)Nc2ccc(=O)[nH]n2)CC1. The molecule has 0 saturated heterocycles. The fraction of sp³-hybridized carbons (Fsp3) is 0.333. The van der Waals surface area contributed by atoms with Gasteiger partial charge in [-0.1, -0.05) is 12.2 Å². The highest BCUT2D eigenvalue weighted by atomic mass is 32.1. The lowest BCUT2D eigenvalue weighted by Crippen LogP contribution is -2.35. The summed E-state index contributed by atoms with van der Waals surface area (Å²) in [6.07, 6.45) is 1.33. The van der Waals surface area contributed by atoms with E-state index in [0.717, 1.165) is 0 Å². The van der Waals surface area contributed by atoms with Crippen molar-refractivity contribution in [3.63, 3.8) is 0 Å². The maximum atomic E-state index is 11.8. The summed E-state index contributed by atoms with van der Waals surface area (Å²) < 4.78 is 0. The Balaban J connectivity index is 2.11. The number of hydrogen-bond acceptors (Lipinski definition) is 4. The van der Waals surface area contributed by atoms with Crippen molar-refractivity contribution in [1.82, 2.24) is 10.2 Å². The molecule has 0 aromatic carbocycles. The van der Waals surface area contributed by atoms with Crippen molar-refractivity contribution in [3.8, 4) is 0 Å². The molecular weight excluding hydrogens is 228 g/mol. The minimum atomic E-state index is -0.715. The predicted molar refractivity (Wildman–Crippen MR) is 61.9 cm³/mol. The van der Waals surface area contributed by atoms with E-state index in [1.54, 1.807) is 0 Å². The summed E-state index contributed by atoms with van der Waals surface area (Å²) in [5, 5.41) is 8.45. The molecule has 0 unspecified atom stereocenters. The summed E-state index contributed by atoms with van der Waals surface area (Å²) in [5.74, 6) is 0.0201. The maximum Gasteiger partial charge on any atom is 0.264 e. The first-order valence-corrected chi connectivity index (χ1v) is 5.12. The third-order valence-electron chi connectivity index (χ3n) is 2.58. The van der Waals surface area contributed by atoms with Crippen LogP contribution in [0.25, 0.3) is 0 Å². The van der Waals surface area contributed by atoms with Gasteiger partial charge >= 0.3 is 0 Å². The fourth-order valence-corrected chi connectivity index (χ4v) is 1.66. The lowest BCUT2D eigenvalue weighted by atomic mass is 10.1. The van der Waals surface area contributed by atoms with E-state index in [1.807, 2.05) is 0 Å². The Morgan fingerprint density at radius 3 is 2.69 bits per heavy atom. The first-order valence-electron chi connectivity index (χ1n) is 4.72. The van der Waals surface area contributed by atoms with E-state index in [-0.39, 0.29) is 22.3 Å². The molecule has 0 bridgehead atoms. The quantitative estimate of drug-likeness (QED) is 0.632. The van der Waals surface area contributed by atoms with Crippen molar-refractivity contribution in [2.24, 2.45) is 11.1 Å². The van der Waals surface area contributed by atoms with Crippen LogP contribution in [0.5, 0.6) is 0 Å². The van der Waals surface area contributed by atoms with Crippen molar-refractivity contribution in [1.29, 1.82) is 0 Å². The number of aromatic nitrogens is 2. The number of hydrogen-bond donors (Lipinski definition) is 3. The number of amides is 1. The van der Waals surface area contributed by atoms with Gasteiger partial charge in [-0.2, -0.15) is 5.10 Å². The molecule has 1 aliphatic rings. The van der Waals surface area contributed by atoms with Crippen molar-refractivity contribution in [2.45, 2.75) is 12.8 Å². The number of nitrogens with one attached hydrogen (secondary N) is 2. The normalized spacial score (nSPS) is 16.5. The van der Waals surface area contributed by atoms with E-state index in [1.165, 1.54) is 12.1 Å². The molecule has 4 N–H and O–H groups in total. The number of thiocarbonyl (C=S) groups is 1. The monoisotopic (exact) mass is 238 g/mol. The summed E-state index contributed by atoms with van der Waals surface area (Å²) >= 11 is 4.85. The molecule has 6 nitrogen and oxygen atoms in total. The Hall–Kier alpha value is -1.76. The second-order valence-corrected chi connectivity index (χ2v) is 4.15. The lowest BCUT2D eigenvalue weighted by Gasteiger charge is -2.12. The van der Waals surface area contributed by atoms with Gasteiger partial charge < -0.3 is 11.1 Å². The molecule has 0 radical (unpaired) electrons. The fourth-order valence-electron chi connectivity index (χ4n) is 1.36. The zero-order chi connectivity index (χ0) is 11.8. The van der Waals surface area contributed by atoms with Crippen molar-refractivity contribution < 1.29 is 4.79 Å². The zero-order valence-electron chi connectivity index (χ0n) is 8.32. The largest absolute Gasteiger partial charge is 0.392 e. The van der Waals surface area contributed by atoms with Crippen molar-refractivity contribution in [3.05, 3.63) is 22.5 Å². The topological polar surface area (TPSA) is 101 Å². The molecule has 7 heteroatoms. The van der Waals surface area contributed by atoms with Gasteiger partial charge in [0.2, 0.25) is 5.91 Å². The third-order valence-corrected chi connectivity index (χ3v) is 2.97. The number of carbonyl (C=O) groups is 1. The van der Waals surface area contributed by atoms with E-state index < -0.39 is 5.41 Å². The van der Waals surface area contributed by atoms with Crippen LogP contribution in [-0.4, -0.2) is 21.1 Å². The molecule has 1 saturated carbocycles. The number of H-pyrrole nitrogens is 1. The van der Waals surface area contributed by atoms with E-state index in [0.29, 0.717) is 12.8 Å². The van der Waals surface area contributed by atoms with Crippen LogP contribution in [0, 0.1) is 5.41 Å². The Kier molecular flexibility index (Phi) is 2.47. The van der Waals surface area contributed by atoms with Gasteiger partial charge in [-0.3, -0.25) is 9.59 Å². The highest BCUT2D eigenvalue weighted by molar-refractivity contribution is 7.80. The molecule has 1 heterocycles. The summed E-state index contributed by atoms with van der Waals surface area (Å²) in [4.78, 5) is 22.8. The van der Waals surface area contributed by atoms with E-state index in [4.69, 9.17) is 18.0 Å². The van der Waals surface area contributed by atoms with Gasteiger partial charge in [-0.05, 0) is 18.9 Å². The van der Waals surface area contributed by atoms with Crippen LogP contribution in [0.4, 0.5) is 5.82 Å². The van der Waals surface area contributed by atoms with Crippen LogP contribution < -0.4 is 16.6 Å². The Labute approximate surface area is 96.2 Å². The molecule has 0 spiro atoms. The average Bonchev–Trinajstić information content (AvgIpc) is 3.02. The van der Waals surface area contributed by atoms with Crippen molar-refractivity contribution in [2.75, 3.05) is 5.32 Å². The van der Waals surface area contributed by atoms with Gasteiger partial charge in [0, 0.05) is 6.07 Å². The average molecular weight is 238 g/mol. The van der Waals surface area contributed by atoms with Gasteiger partial charge in [-0.25, -0.2) is 5.10 Å². The number of rotatable bonds is 3. The van der Waals surface area contributed by atoms with Gasteiger partial charge in [0.05, 0.1) is 10.4 Å². The van der Waals surface area contributed by atoms with Crippen LogP contribution in [0.15, 0.2) is 16.9 Å². The van der Waals surface area contributed by atoms with Gasteiger partial charge in [-0.15, -0.1) is 0 Å². The molecule has 1 aromatic heterocycles. The lowest BCUT2D eigenvalue weighted by molar-refractivity contribution is -0.118. The Bertz CT molecular complexity index is 486. The molecular formula is C9H10N4O2S. The summed E-state index contributed by atoms with van der Waals surface area (Å²) in [7, 11) is 0. The Morgan fingerprint density at radius 2 is 2.25 bits per heavy atom. The van der Waals surface area contributed by atoms with Gasteiger partial charge in [0.25, 0.3) is 5.56 Å². The van der Waals surface area contributed by atoms with E-state index in [2.05, 4.69) is 15.5 Å². The second kappa shape index (κ2) is 3.67. The molecule has 1 aliphatic carbocycles. The van der Waals surface area contributed by atoms with Crippen LogP contribution in [0.3, 0.4) is 0 Å². The molecule has 16 heavy (non-hydrogen) atoms. The predicted octanol–water partition coefficient (Wildman–Crippen LogP) is -0.225. The Morgan fingerprint density at radius 1 is 1.56 bits per heavy atom. The highest BCUT2D eigenvalue weighted by Gasteiger charge is 2.52. The first kappa shape index (κ1) is 10.7. The van der Waals surface area contributed by atoms with E-state index in [9.17, 15) is 9.59 Å². The summed E-state index contributed by atoms with van der Waals surface area (Å²) in [5.41, 5.74) is 4.46. The minimum Gasteiger partial charge on any atom is -0.392 e. The number of nitrogens with two attached hydrogens (primary N) is 1. The molecule has 2 rings (SSSR count). The number of anilines is 1. The smallest absolute Gasteiger partial charge is 0.264 e. The maximum absolute atomic E-state index is 11.8. The molecule has 1 amide bonds. The number of nitrogens with zero attached hydrogens (tertiary/aromatic N) is 1. The van der Waals surface area contributed by atoms with E-state index >= 15 is 0 Å². The zero-order valence-corrected chi connectivity index (χ0v) is 9.13. The number of aromatic amines is 1. The summed E-state index contributed by atoms with van der Waals surface area (Å²) in [6, 6.07) is 2.70. The van der Waals surface area contributed by atoms with Crippen molar-refractivity contribution >= 4 is 28.9 Å². The highest BCUT2D eigenvalue weighted by Crippen LogP contribution is 2.46. The molecule has 1 fully saturated rings. The second-order valence-electron chi connectivity index (χ2n) is 3.71. The third kappa shape index (κ3) is 1.81. The molecule has 0 aliphatic heterocycles. The minimum absolute atomic E-state index is 0.203. The standard InChI is InChI=1S/C9H10N4O2S/c10-7(16)9(3-4-9)8(15)11-5-1-2-6(14)13-12-5/h1-2H,3-4H2,(H2,10,16)(H,13,14)(H,11,12,15). The molecule has 0 atom stereocenters. The van der Waals surface area contributed by atoms with Gasteiger partial charge in [0.15, 0.2) is 5.82 Å². The molecule has 1 aromatic rings.